The summed E-state index contributed by atoms with van der Waals surface area (Å²) in [4.78, 5) is 29.4. The van der Waals surface area contributed by atoms with Gasteiger partial charge in [0.25, 0.3) is 0 Å². The Kier molecular flexibility index (Phi) is 4.67. The summed E-state index contributed by atoms with van der Waals surface area (Å²) >= 11 is 3.34. The van der Waals surface area contributed by atoms with Crippen LogP contribution in [0.1, 0.15) is 52.7 Å². The van der Waals surface area contributed by atoms with E-state index in [2.05, 4.69) is 11.4 Å². The zero-order valence-corrected chi connectivity index (χ0v) is 18.0. The molecule has 0 spiro atoms. The third kappa shape index (κ3) is 3.68. The van der Waals surface area contributed by atoms with E-state index in [0.29, 0.717) is 12.3 Å². The average Bonchev–Trinajstić information content (AvgIpc) is 3.56. The Labute approximate surface area is 178 Å². The number of rotatable bonds is 7. The van der Waals surface area contributed by atoms with E-state index in [1.165, 1.54) is 4.88 Å². The number of carbonyl (C=O) groups is 2. The fourth-order valence-electron chi connectivity index (χ4n) is 4.50. The number of aryl methyl sites for hydroxylation is 1. The lowest BCUT2D eigenvalue weighted by molar-refractivity contribution is -0.155. The van der Waals surface area contributed by atoms with Crippen LogP contribution in [-0.4, -0.2) is 23.0 Å². The lowest BCUT2D eigenvalue weighted by Gasteiger charge is -2.29. The van der Waals surface area contributed by atoms with E-state index < -0.39 is 17.9 Å². The van der Waals surface area contributed by atoms with Crippen LogP contribution in [0, 0.1) is 18.3 Å². The van der Waals surface area contributed by atoms with E-state index in [9.17, 15) is 14.7 Å². The maximum atomic E-state index is 13.0. The summed E-state index contributed by atoms with van der Waals surface area (Å²) in [7, 11) is 0. The highest BCUT2D eigenvalue weighted by atomic mass is 32.1. The van der Waals surface area contributed by atoms with Gasteiger partial charge in [-0.2, -0.15) is 0 Å². The van der Waals surface area contributed by atoms with E-state index >= 15 is 0 Å². The Hall–Kier alpha value is -1.92. The molecule has 2 atom stereocenters. The molecule has 3 aliphatic rings. The predicted octanol–water partition coefficient (Wildman–Crippen LogP) is 5.33. The molecule has 0 radical (unpaired) electrons. The van der Waals surface area contributed by atoms with Gasteiger partial charge in [0.05, 0.1) is 5.57 Å². The number of carbonyl (C=O) groups excluding carboxylic acids is 2. The largest absolute Gasteiger partial charge is 0.504 e. The molecule has 2 fully saturated rings. The van der Waals surface area contributed by atoms with Crippen LogP contribution in [0.5, 0.6) is 0 Å². The number of hydrogen-bond donors (Lipinski definition) is 1. The second-order valence-electron chi connectivity index (χ2n) is 8.74. The lowest BCUT2D eigenvalue weighted by atomic mass is 9.85. The first-order chi connectivity index (χ1) is 14.0. The molecule has 1 N–H and O–H groups in total. The van der Waals surface area contributed by atoms with E-state index in [0.717, 1.165) is 41.9 Å². The van der Waals surface area contributed by atoms with Crippen molar-refractivity contribution in [2.75, 3.05) is 0 Å². The van der Waals surface area contributed by atoms with Gasteiger partial charge in [-0.3, -0.25) is 4.79 Å². The summed E-state index contributed by atoms with van der Waals surface area (Å²) < 4.78 is 5.67. The van der Waals surface area contributed by atoms with E-state index in [1.807, 2.05) is 25.1 Å². The van der Waals surface area contributed by atoms with Crippen LogP contribution in [-0.2, 0) is 20.7 Å². The number of esters is 1. The third-order valence-electron chi connectivity index (χ3n) is 6.43. The molecule has 2 aromatic heterocycles. The van der Waals surface area contributed by atoms with E-state index in [-0.39, 0.29) is 22.7 Å². The van der Waals surface area contributed by atoms with Crippen LogP contribution in [0.3, 0.4) is 0 Å². The molecule has 29 heavy (non-hydrogen) atoms. The number of aliphatic hydroxyl groups excluding tert-OH is 1. The van der Waals surface area contributed by atoms with Gasteiger partial charge in [-0.1, -0.05) is 6.07 Å². The molecule has 1 aliphatic heterocycles. The molecule has 6 heteroatoms. The number of aliphatic hydroxyl groups is 1. The minimum absolute atomic E-state index is 0.0179. The molecule has 3 heterocycles. The third-order valence-corrected chi connectivity index (χ3v) is 8.39. The summed E-state index contributed by atoms with van der Waals surface area (Å²) in [6.45, 7) is 2.02. The highest BCUT2D eigenvalue weighted by molar-refractivity contribution is 7.12. The van der Waals surface area contributed by atoms with E-state index in [4.69, 9.17) is 4.74 Å². The molecule has 2 aromatic rings. The van der Waals surface area contributed by atoms with Gasteiger partial charge in [-0.25, -0.2) is 4.79 Å². The van der Waals surface area contributed by atoms with Gasteiger partial charge in [-0.05, 0) is 80.4 Å². The lowest BCUT2D eigenvalue weighted by Crippen LogP contribution is -2.39. The van der Waals surface area contributed by atoms with Crippen molar-refractivity contribution in [1.82, 2.24) is 0 Å². The van der Waals surface area contributed by atoms with Crippen molar-refractivity contribution in [3.05, 3.63) is 55.6 Å². The molecule has 4 nitrogen and oxygen atoms in total. The quantitative estimate of drug-likeness (QED) is 0.605. The molecule has 0 amide bonds. The van der Waals surface area contributed by atoms with Crippen LogP contribution >= 0.6 is 22.7 Å². The number of hydrogen-bond acceptors (Lipinski definition) is 6. The number of Topliss-reactive ketones (excluding diaryl/α,β-unsaturated/α-hetero) is 1. The first kappa shape index (κ1) is 19.1. The fourth-order valence-corrected chi connectivity index (χ4v) is 6.46. The first-order valence-electron chi connectivity index (χ1n) is 10.2. The van der Waals surface area contributed by atoms with Crippen LogP contribution in [0.25, 0.3) is 0 Å². The Balaban J connectivity index is 1.39. The second-order valence-corrected chi connectivity index (χ2v) is 11.1. The number of ether oxygens (including phenoxy) is 1. The summed E-state index contributed by atoms with van der Waals surface area (Å²) in [5.74, 6) is -1.22. The second kappa shape index (κ2) is 7.10. The summed E-state index contributed by atoms with van der Waals surface area (Å²) in [5.41, 5.74) is 0.197. The SMILES string of the molecule is Cc1ccc(C(C2=C(O)C(=O)C(CC3(Cc4cccs4)CC3)OC2=O)C2CC2)s1. The van der Waals surface area contributed by atoms with Crippen LogP contribution in [0.2, 0.25) is 0 Å². The van der Waals surface area contributed by atoms with Crippen LogP contribution in [0.4, 0.5) is 0 Å². The van der Waals surface area contributed by atoms with Crippen molar-refractivity contribution < 1.29 is 19.4 Å². The van der Waals surface area contributed by atoms with Crippen LogP contribution < -0.4 is 0 Å². The maximum Gasteiger partial charge on any atom is 0.339 e. The molecular formula is C23H24O4S2. The monoisotopic (exact) mass is 428 g/mol. The average molecular weight is 429 g/mol. The van der Waals surface area contributed by atoms with Gasteiger partial charge in [0.15, 0.2) is 11.9 Å². The predicted molar refractivity (Wildman–Crippen MR) is 113 cm³/mol. The van der Waals surface area contributed by atoms with Crippen molar-refractivity contribution in [3.63, 3.8) is 0 Å². The maximum absolute atomic E-state index is 13.0. The highest BCUT2D eigenvalue weighted by Crippen LogP contribution is 2.54. The van der Waals surface area contributed by atoms with E-state index in [1.54, 1.807) is 22.7 Å². The van der Waals surface area contributed by atoms with Gasteiger partial charge >= 0.3 is 5.97 Å². The van der Waals surface area contributed by atoms with Crippen molar-refractivity contribution >= 4 is 34.4 Å². The molecule has 0 aromatic carbocycles. The molecule has 0 bridgehead atoms. The molecule has 2 saturated carbocycles. The number of ketones is 1. The van der Waals surface area contributed by atoms with Crippen molar-refractivity contribution in [3.8, 4) is 0 Å². The summed E-state index contributed by atoms with van der Waals surface area (Å²) in [6.07, 6.45) is 4.62. The zero-order chi connectivity index (χ0) is 20.2. The van der Waals surface area contributed by atoms with Gasteiger partial charge < -0.3 is 9.84 Å². The smallest absolute Gasteiger partial charge is 0.339 e. The Morgan fingerprint density at radius 2 is 2.03 bits per heavy atom. The zero-order valence-electron chi connectivity index (χ0n) is 16.3. The number of cyclic esters (lactones) is 1. The minimum atomic E-state index is -0.862. The normalized spacial score (nSPS) is 24.5. The molecular weight excluding hydrogens is 404 g/mol. The Morgan fingerprint density at radius 3 is 2.62 bits per heavy atom. The Bertz CT molecular complexity index is 976. The minimum Gasteiger partial charge on any atom is -0.504 e. The number of thiophene rings is 2. The topological polar surface area (TPSA) is 63.6 Å². The summed E-state index contributed by atoms with van der Waals surface area (Å²) in [5, 5.41) is 12.9. The van der Waals surface area contributed by atoms with Crippen molar-refractivity contribution in [2.24, 2.45) is 11.3 Å². The molecule has 5 rings (SSSR count). The van der Waals surface area contributed by atoms with Crippen LogP contribution in [0.15, 0.2) is 41.0 Å². The first-order valence-corrected chi connectivity index (χ1v) is 11.9. The van der Waals surface area contributed by atoms with Crippen molar-refractivity contribution in [2.45, 2.75) is 57.5 Å². The molecule has 0 saturated heterocycles. The molecule has 152 valence electrons. The van der Waals surface area contributed by atoms with Gasteiger partial charge in [0.2, 0.25) is 5.78 Å². The molecule has 2 unspecified atom stereocenters. The van der Waals surface area contributed by atoms with Gasteiger partial charge in [0.1, 0.15) is 0 Å². The van der Waals surface area contributed by atoms with Gasteiger partial charge in [-0.15, -0.1) is 22.7 Å². The Morgan fingerprint density at radius 1 is 1.24 bits per heavy atom. The standard InChI is InChI=1S/C23H24O4S2/c1-13-4-7-17(29-13)18(14-5-6-14)19-21(25)20(24)16(27-22(19)26)12-23(8-9-23)11-15-3-2-10-28-15/h2-4,7,10,14,16,18,25H,5-6,8-9,11-12H2,1H3. The summed E-state index contributed by atoms with van der Waals surface area (Å²) in [6, 6.07) is 8.17. The highest BCUT2D eigenvalue weighted by Gasteiger charge is 2.51. The fraction of sp³-hybridized carbons (Fsp3) is 0.478. The van der Waals surface area contributed by atoms with Crippen molar-refractivity contribution in [1.29, 1.82) is 0 Å². The van der Waals surface area contributed by atoms with Gasteiger partial charge in [0, 0.05) is 20.5 Å². The molecule has 2 aliphatic carbocycles.